The molecule has 0 saturated carbocycles. The second-order valence-corrected chi connectivity index (χ2v) is 0.703. The zero-order chi connectivity index (χ0) is 5.54. The summed E-state index contributed by atoms with van der Waals surface area (Å²) in [4.78, 5) is 3.28. The molecule has 4 nitrogen and oxygen atoms in total. The number of hydrogen-bond acceptors (Lipinski definition) is 2. The van der Waals surface area contributed by atoms with Crippen LogP contribution in [-0.2, 0) is 0 Å². The third-order valence-electron chi connectivity index (χ3n) is 0.274. The van der Waals surface area contributed by atoms with Crippen LogP contribution in [-0.4, -0.2) is 20.1 Å². The first-order valence-corrected chi connectivity index (χ1v) is 1.68. The fraction of sp³-hybridized carbons (Fsp3) is 0.333. The zero-order valence-corrected chi connectivity index (χ0v) is 4.07. The van der Waals surface area contributed by atoms with Gasteiger partial charge in [0, 0.05) is 0 Å². The van der Waals surface area contributed by atoms with Gasteiger partial charge >= 0.3 is 0 Å². The van der Waals surface area contributed by atoms with Crippen LogP contribution in [0.2, 0.25) is 0 Å². The second-order valence-electron chi connectivity index (χ2n) is 0.703. The van der Waals surface area contributed by atoms with Gasteiger partial charge in [0.15, 0.2) is 0 Å². The van der Waals surface area contributed by atoms with Gasteiger partial charge < -0.3 is 0 Å². The summed E-state index contributed by atoms with van der Waals surface area (Å²) in [6.45, 7) is 3.13. The van der Waals surface area contributed by atoms with Crippen LogP contribution in [0.25, 0.3) is 0 Å². The molecule has 0 aromatic carbocycles. The average molecular weight is 98.1 g/mol. The van der Waals surface area contributed by atoms with Crippen LogP contribution >= 0.6 is 0 Å². The zero-order valence-electron chi connectivity index (χ0n) is 4.07. The molecule has 38 valence electrons. The smallest absolute Gasteiger partial charge is 0.139 e. The van der Waals surface area contributed by atoms with Gasteiger partial charge in [0.05, 0.1) is 7.05 Å². The van der Waals surface area contributed by atoms with Crippen LogP contribution in [0.5, 0.6) is 0 Å². The van der Waals surface area contributed by atoms with Gasteiger partial charge in [-0.3, -0.25) is 4.99 Å². The van der Waals surface area contributed by atoms with Gasteiger partial charge in [0.25, 0.3) is 0 Å². The Balaban J connectivity index is 3.27. The van der Waals surface area contributed by atoms with Gasteiger partial charge in [-0.05, 0) is 11.9 Å². The van der Waals surface area contributed by atoms with Crippen LogP contribution in [0.4, 0.5) is 0 Å². The third kappa shape index (κ3) is 4.94. The maximum atomic E-state index is 3.31. The Kier molecular flexibility index (Phi) is 4.19. The van der Waals surface area contributed by atoms with Gasteiger partial charge in [-0.1, -0.05) is 0 Å². The van der Waals surface area contributed by atoms with Crippen molar-refractivity contribution in [2.45, 2.75) is 0 Å². The summed E-state index contributed by atoms with van der Waals surface area (Å²) in [6.07, 6.45) is 1.22. The molecule has 0 aliphatic rings. The Morgan fingerprint density at radius 3 is 2.71 bits per heavy atom. The van der Waals surface area contributed by atoms with Crippen molar-refractivity contribution in [2.24, 2.45) is 20.4 Å². The lowest BCUT2D eigenvalue weighted by molar-refractivity contribution is 1.02. The van der Waals surface area contributed by atoms with Gasteiger partial charge in [-0.2, -0.15) is 5.11 Å². The minimum Gasteiger partial charge on any atom is -0.251 e. The van der Waals surface area contributed by atoms with E-state index < -0.39 is 0 Å². The molecule has 0 rings (SSSR count). The molecule has 0 aromatic heterocycles. The van der Waals surface area contributed by atoms with Crippen molar-refractivity contribution in [3.63, 3.8) is 0 Å². The Morgan fingerprint density at radius 2 is 2.29 bits per heavy atom. The molecule has 7 heavy (non-hydrogen) atoms. The molecule has 0 unspecified atom stereocenters. The molecule has 0 aliphatic heterocycles. The molecular formula is C3H6N4. The first kappa shape index (κ1) is 5.94. The highest BCUT2D eigenvalue weighted by atomic mass is 15.4. The van der Waals surface area contributed by atoms with Crippen molar-refractivity contribution in [3.05, 3.63) is 0 Å². The molecule has 0 spiro atoms. The minimum absolute atomic E-state index is 1.22. The van der Waals surface area contributed by atoms with Gasteiger partial charge in [-0.25, -0.2) is 0 Å². The van der Waals surface area contributed by atoms with E-state index in [9.17, 15) is 0 Å². The molecular weight excluding hydrogens is 92.1 g/mol. The molecule has 0 radical (unpaired) electrons. The lowest BCUT2D eigenvalue weighted by Gasteiger charge is -1.65. The Bertz CT molecular complexity index is 93.1. The molecule has 0 amide bonds. The summed E-state index contributed by atoms with van der Waals surface area (Å²) >= 11 is 0. The number of rotatable bonds is 2. The average Bonchev–Trinajstić information content (AvgIpc) is 1.69. The highest BCUT2D eigenvalue weighted by molar-refractivity contribution is 5.61. The van der Waals surface area contributed by atoms with Crippen LogP contribution in [0.3, 0.4) is 0 Å². The minimum atomic E-state index is 1.22. The maximum Gasteiger partial charge on any atom is 0.139 e. The van der Waals surface area contributed by atoms with Gasteiger partial charge in [0.2, 0.25) is 0 Å². The molecule has 0 N–H and O–H groups in total. The van der Waals surface area contributed by atoms with Crippen LogP contribution in [0, 0.1) is 0 Å². The SMILES string of the molecule is C=N/C=N/N=NC. The summed E-state index contributed by atoms with van der Waals surface area (Å²) in [5.74, 6) is 0. The summed E-state index contributed by atoms with van der Waals surface area (Å²) in [5.41, 5.74) is 0. The molecule has 0 heterocycles. The van der Waals surface area contributed by atoms with Crippen molar-refractivity contribution < 1.29 is 0 Å². The molecule has 0 atom stereocenters. The predicted molar refractivity (Wildman–Crippen MR) is 28.8 cm³/mol. The normalized spacial score (nSPS) is 11.0. The lowest BCUT2D eigenvalue weighted by Crippen LogP contribution is -1.56. The fourth-order valence-electron chi connectivity index (χ4n) is 0.111. The van der Waals surface area contributed by atoms with Crippen molar-refractivity contribution in [2.75, 3.05) is 7.05 Å². The predicted octanol–water partition coefficient (Wildman–Crippen LogP) is 0.712. The van der Waals surface area contributed by atoms with E-state index in [1.165, 1.54) is 13.4 Å². The highest BCUT2D eigenvalue weighted by Gasteiger charge is 1.53. The van der Waals surface area contributed by atoms with E-state index in [-0.39, 0.29) is 0 Å². The third-order valence-corrected chi connectivity index (χ3v) is 0.274. The van der Waals surface area contributed by atoms with Crippen LogP contribution in [0.1, 0.15) is 0 Å². The molecule has 0 aromatic rings. The first-order chi connectivity index (χ1) is 3.41. The van der Waals surface area contributed by atoms with E-state index in [0.29, 0.717) is 0 Å². The Labute approximate surface area is 41.7 Å². The van der Waals surface area contributed by atoms with E-state index >= 15 is 0 Å². The monoisotopic (exact) mass is 98.1 g/mol. The first-order valence-electron chi connectivity index (χ1n) is 1.68. The second kappa shape index (κ2) is 4.94. The Morgan fingerprint density at radius 1 is 1.57 bits per heavy atom. The van der Waals surface area contributed by atoms with Gasteiger partial charge in [-0.15, -0.1) is 5.10 Å². The largest absolute Gasteiger partial charge is 0.251 e. The topological polar surface area (TPSA) is 49.4 Å². The standard InChI is InChI=1S/C3H6N4/c1-4-3-6-7-5-2/h3H,1H2,2H3/b6-3+,7-5?. The molecule has 0 aliphatic carbocycles. The summed E-state index contributed by atoms with van der Waals surface area (Å²) < 4.78 is 0. The number of aliphatic imine (C=N–C) groups is 1. The molecule has 0 fully saturated rings. The van der Waals surface area contributed by atoms with Crippen molar-refractivity contribution in [1.29, 1.82) is 0 Å². The van der Waals surface area contributed by atoms with E-state index in [1.54, 1.807) is 0 Å². The summed E-state index contributed by atoms with van der Waals surface area (Å²) in [7, 11) is 1.53. The highest BCUT2D eigenvalue weighted by Crippen LogP contribution is 1.67. The van der Waals surface area contributed by atoms with E-state index in [4.69, 9.17) is 0 Å². The number of hydrogen-bond donors (Lipinski definition) is 0. The lowest BCUT2D eigenvalue weighted by atomic mass is 11.3. The van der Waals surface area contributed by atoms with Gasteiger partial charge in [0.1, 0.15) is 6.34 Å². The molecule has 0 saturated heterocycles. The van der Waals surface area contributed by atoms with Crippen LogP contribution in [0.15, 0.2) is 20.4 Å². The van der Waals surface area contributed by atoms with Crippen molar-refractivity contribution in [3.8, 4) is 0 Å². The molecule has 0 bridgehead atoms. The Hall–Kier alpha value is -1.06. The fourth-order valence-corrected chi connectivity index (χ4v) is 0.111. The van der Waals surface area contributed by atoms with E-state index in [2.05, 4.69) is 27.1 Å². The van der Waals surface area contributed by atoms with Crippen molar-refractivity contribution >= 4 is 13.1 Å². The maximum absolute atomic E-state index is 3.31. The van der Waals surface area contributed by atoms with E-state index in [1.807, 2.05) is 0 Å². The van der Waals surface area contributed by atoms with Crippen molar-refractivity contribution in [1.82, 2.24) is 0 Å². The summed E-state index contributed by atoms with van der Waals surface area (Å²) in [6, 6.07) is 0. The number of nitrogens with zero attached hydrogens (tertiary/aromatic N) is 4. The summed E-state index contributed by atoms with van der Waals surface area (Å²) in [5, 5.41) is 9.85. The van der Waals surface area contributed by atoms with Crippen LogP contribution < -0.4 is 0 Å². The molecule has 4 heteroatoms. The quantitative estimate of drug-likeness (QED) is 0.211. The van der Waals surface area contributed by atoms with E-state index in [0.717, 1.165) is 0 Å².